The van der Waals surface area contributed by atoms with E-state index < -0.39 is 0 Å². The molecule has 0 aliphatic carbocycles. The molecule has 1 heterocycles. The smallest absolute Gasteiger partial charge is 0.123 e. The Labute approximate surface area is 134 Å². The molecule has 0 bridgehead atoms. The molecule has 0 saturated heterocycles. The van der Waals surface area contributed by atoms with Crippen LogP contribution in [-0.2, 0) is 13.0 Å². The number of rotatable bonds is 8. The van der Waals surface area contributed by atoms with E-state index in [1.54, 1.807) is 7.11 Å². The van der Waals surface area contributed by atoms with Crippen molar-refractivity contribution in [3.05, 3.63) is 46.5 Å². The highest BCUT2D eigenvalue weighted by atomic mass is 79.9. The molecule has 1 aromatic carbocycles. The van der Waals surface area contributed by atoms with Gasteiger partial charge in [-0.15, -0.1) is 0 Å². The Morgan fingerprint density at radius 1 is 1.33 bits per heavy atom. The van der Waals surface area contributed by atoms with Gasteiger partial charge in [0.2, 0.25) is 0 Å². The molecular weight excluding hydrogens is 330 g/mol. The van der Waals surface area contributed by atoms with E-state index in [4.69, 9.17) is 4.74 Å². The summed E-state index contributed by atoms with van der Waals surface area (Å²) in [6.45, 7) is 4.98. The Hall–Kier alpha value is -1.33. The molecule has 0 radical (unpaired) electrons. The summed E-state index contributed by atoms with van der Waals surface area (Å²) in [5.41, 5.74) is 2.26. The number of hydrogen-bond donors (Lipinski definition) is 1. The predicted molar refractivity (Wildman–Crippen MR) is 88.9 cm³/mol. The van der Waals surface area contributed by atoms with Crippen LogP contribution in [0.4, 0.5) is 0 Å². The lowest BCUT2D eigenvalue weighted by molar-refractivity contribution is 0.408. The Bertz CT molecular complexity index is 568. The van der Waals surface area contributed by atoms with E-state index in [9.17, 15) is 0 Å². The molecule has 0 spiro atoms. The molecular formula is C16H22BrN3O. The Kier molecular flexibility index (Phi) is 6.26. The van der Waals surface area contributed by atoms with Crippen LogP contribution in [0.2, 0.25) is 0 Å². The van der Waals surface area contributed by atoms with Crippen molar-refractivity contribution in [3.63, 3.8) is 0 Å². The lowest BCUT2D eigenvalue weighted by Crippen LogP contribution is -2.17. The summed E-state index contributed by atoms with van der Waals surface area (Å²) in [5.74, 6) is 0.901. The van der Waals surface area contributed by atoms with Gasteiger partial charge in [-0.1, -0.05) is 22.9 Å². The SMILES string of the molecule is CCCNCCc1cn(Cc2cc(Br)ccc2OC)cn1. The van der Waals surface area contributed by atoms with Gasteiger partial charge < -0.3 is 14.6 Å². The topological polar surface area (TPSA) is 39.1 Å². The van der Waals surface area contributed by atoms with E-state index in [1.807, 2.05) is 18.5 Å². The van der Waals surface area contributed by atoms with Gasteiger partial charge in [-0.25, -0.2) is 4.98 Å². The zero-order valence-electron chi connectivity index (χ0n) is 12.6. The average Bonchev–Trinajstić information content (AvgIpc) is 2.91. The van der Waals surface area contributed by atoms with Crippen molar-refractivity contribution in [2.24, 2.45) is 0 Å². The second kappa shape index (κ2) is 8.20. The van der Waals surface area contributed by atoms with Gasteiger partial charge in [-0.05, 0) is 31.2 Å². The maximum atomic E-state index is 5.41. The predicted octanol–water partition coefficient (Wildman–Crippen LogP) is 3.24. The van der Waals surface area contributed by atoms with E-state index in [0.29, 0.717) is 0 Å². The lowest BCUT2D eigenvalue weighted by Gasteiger charge is -2.09. The van der Waals surface area contributed by atoms with Crippen molar-refractivity contribution in [3.8, 4) is 5.75 Å². The minimum absolute atomic E-state index is 0.762. The molecule has 2 aromatic rings. The molecule has 21 heavy (non-hydrogen) atoms. The van der Waals surface area contributed by atoms with E-state index in [1.165, 1.54) is 0 Å². The maximum absolute atomic E-state index is 5.41. The van der Waals surface area contributed by atoms with Crippen LogP contribution in [0, 0.1) is 0 Å². The van der Waals surface area contributed by atoms with Gasteiger partial charge in [-0.2, -0.15) is 0 Å². The molecule has 0 aliphatic heterocycles. The van der Waals surface area contributed by atoms with Crippen molar-refractivity contribution < 1.29 is 4.74 Å². The first-order chi connectivity index (χ1) is 10.2. The first-order valence-electron chi connectivity index (χ1n) is 7.26. The number of ether oxygens (including phenoxy) is 1. The molecule has 4 nitrogen and oxygen atoms in total. The molecule has 114 valence electrons. The first kappa shape index (κ1) is 16.0. The van der Waals surface area contributed by atoms with E-state index in [-0.39, 0.29) is 0 Å². The van der Waals surface area contributed by atoms with Gasteiger partial charge in [0.15, 0.2) is 0 Å². The molecule has 0 amide bonds. The summed E-state index contributed by atoms with van der Waals surface area (Å²) < 4.78 is 8.56. The van der Waals surface area contributed by atoms with Crippen molar-refractivity contribution in [1.29, 1.82) is 0 Å². The number of nitrogens with zero attached hydrogens (tertiary/aromatic N) is 2. The van der Waals surface area contributed by atoms with Crippen LogP contribution < -0.4 is 10.1 Å². The zero-order chi connectivity index (χ0) is 15.1. The fourth-order valence-electron chi connectivity index (χ4n) is 2.21. The monoisotopic (exact) mass is 351 g/mol. The Balaban J connectivity index is 1.97. The summed E-state index contributed by atoms with van der Waals surface area (Å²) in [5, 5.41) is 3.39. The Morgan fingerprint density at radius 3 is 2.95 bits per heavy atom. The van der Waals surface area contributed by atoms with Crippen molar-refractivity contribution in [1.82, 2.24) is 14.9 Å². The summed E-state index contributed by atoms with van der Waals surface area (Å²) >= 11 is 3.50. The highest BCUT2D eigenvalue weighted by molar-refractivity contribution is 9.10. The summed E-state index contributed by atoms with van der Waals surface area (Å²) in [7, 11) is 1.70. The van der Waals surface area contributed by atoms with Crippen molar-refractivity contribution >= 4 is 15.9 Å². The van der Waals surface area contributed by atoms with Gasteiger partial charge in [0, 0.05) is 29.2 Å². The van der Waals surface area contributed by atoms with E-state index in [2.05, 4.69) is 50.0 Å². The second-order valence-corrected chi connectivity index (χ2v) is 5.91. The summed E-state index contributed by atoms with van der Waals surface area (Å²) in [6.07, 6.45) is 6.11. The average molecular weight is 352 g/mol. The largest absolute Gasteiger partial charge is 0.496 e. The summed E-state index contributed by atoms with van der Waals surface area (Å²) in [4.78, 5) is 4.46. The molecule has 1 N–H and O–H groups in total. The minimum atomic E-state index is 0.762. The fraction of sp³-hybridized carbons (Fsp3) is 0.438. The van der Waals surface area contributed by atoms with Crippen LogP contribution in [0.15, 0.2) is 35.2 Å². The Morgan fingerprint density at radius 2 is 2.19 bits per heavy atom. The maximum Gasteiger partial charge on any atom is 0.123 e. The minimum Gasteiger partial charge on any atom is -0.496 e. The third kappa shape index (κ3) is 4.86. The van der Waals surface area contributed by atoms with Crippen LogP contribution in [0.25, 0.3) is 0 Å². The third-order valence-electron chi connectivity index (χ3n) is 3.27. The first-order valence-corrected chi connectivity index (χ1v) is 8.06. The van der Waals surface area contributed by atoms with Crippen LogP contribution in [0.1, 0.15) is 24.6 Å². The van der Waals surface area contributed by atoms with Gasteiger partial charge in [0.25, 0.3) is 0 Å². The highest BCUT2D eigenvalue weighted by Gasteiger charge is 2.06. The molecule has 0 saturated carbocycles. The van der Waals surface area contributed by atoms with Gasteiger partial charge >= 0.3 is 0 Å². The number of nitrogens with one attached hydrogen (secondary N) is 1. The number of aromatic nitrogens is 2. The van der Waals surface area contributed by atoms with Crippen LogP contribution >= 0.6 is 15.9 Å². The molecule has 5 heteroatoms. The number of benzene rings is 1. The third-order valence-corrected chi connectivity index (χ3v) is 3.76. The molecule has 0 aliphatic rings. The second-order valence-electron chi connectivity index (χ2n) is 4.99. The molecule has 1 aromatic heterocycles. The molecule has 0 unspecified atom stereocenters. The van der Waals surface area contributed by atoms with Gasteiger partial charge in [0.05, 0.1) is 25.7 Å². The van der Waals surface area contributed by atoms with Crippen LogP contribution in [-0.4, -0.2) is 29.8 Å². The molecule has 0 fully saturated rings. The fourth-order valence-corrected chi connectivity index (χ4v) is 2.62. The standard InChI is InChI=1S/C16H22BrN3O/c1-3-7-18-8-6-15-11-20(12-19-15)10-13-9-14(17)4-5-16(13)21-2/h4-5,9,11-12,18H,3,6-8,10H2,1-2H3. The van der Waals surface area contributed by atoms with Crippen LogP contribution in [0.5, 0.6) is 5.75 Å². The normalized spacial score (nSPS) is 10.8. The number of hydrogen-bond acceptors (Lipinski definition) is 3. The quantitative estimate of drug-likeness (QED) is 0.742. The number of halogens is 1. The van der Waals surface area contributed by atoms with Gasteiger partial charge in [-0.3, -0.25) is 0 Å². The lowest BCUT2D eigenvalue weighted by atomic mass is 10.2. The summed E-state index contributed by atoms with van der Waals surface area (Å²) in [6, 6.07) is 6.05. The highest BCUT2D eigenvalue weighted by Crippen LogP contribution is 2.23. The van der Waals surface area contributed by atoms with E-state index >= 15 is 0 Å². The number of methoxy groups -OCH3 is 1. The zero-order valence-corrected chi connectivity index (χ0v) is 14.2. The number of imidazole rings is 1. The van der Waals surface area contributed by atoms with Crippen molar-refractivity contribution in [2.45, 2.75) is 26.3 Å². The van der Waals surface area contributed by atoms with Crippen molar-refractivity contribution in [2.75, 3.05) is 20.2 Å². The van der Waals surface area contributed by atoms with Crippen LogP contribution in [0.3, 0.4) is 0 Å². The van der Waals surface area contributed by atoms with E-state index in [0.717, 1.165) is 54.0 Å². The van der Waals surface area contributed by atoms with Gasteiger partial charge in [0.1, 0.15) is 5.75 Å². The molecule has 0 atom stereocenters. The molecule has 2 rings (SSSR count).